The fourth-order valence-corrected chi connectivity index (χ4v) is 3.57. The summed E-state index contributed by atoms with van der Waals surface area (Å²) in [6.07, 6.45) is 2.30. The molecule has 5 nitrogen and oxygen atoms in total. The fraction of sp³-hybridized carbons (Fsp3) is 0.333. The van der Waals surface area contributed by atoms with Gasteiger partial charge in [0.2, 0.25) is 5.91 Å². The molecule has 1 aliphatic rings. The van der Waals surface area contributed by atoms with Crippen molar-refractivity contribution in [3.05, 3.63) is 65.5 Å². The summed E-state index contributed by atoms with van der Waals surface area (Å²) in [4.78, 5) is 19.8. The van der Waals surface area contributed by atoms with Crippen LogP contribution in [0.3, 0.4) is 0 Å². The second kappa shape index (κ2) is 7.30. The van der Waals surface area contributed by atoms with Crippen molar-refractivity contribution in [3.8, 4) is 0 Å². The van der Waals surface area contributed by atoms with Gasteiger partial charge in [0.15, 0.2) is 0 Å². The number of nitrogens with zero attached hydrogens (tertiary/aromatic N) is 1. The van der Waals surface area contributed by atoms with Crippen LogP contribution in [-0.2, 0) is 11.2 Å². The Hall–Kier alpha value is -2.66. The van der Waals surface area contributed by atoms with Crippen LogP contribution in [0.2, 0.25) is 0 Å². The molecule has 1 fully saturated rings. The van der Waals surface area contributed by atoms with Gasteiger partial charge >= 0.3 is 0 Å². The van der Waals surface area contributed by atoms with Crippen molar-refractivity contribution in [3.63, 3.8) is 0 Å². The molecular formula is C21H24N4O. The Kier molecular flexibility index (Phi) is 4.71. The summed E-state index contributed by atoms with van der Waals surface area (Å²) in [5.41, 5.74) is 4.63. The van der Waals surface area contributed by atoms with Gasteiger partial charge in [0.25, 0.3) is 0 Å². The summed E-state index contributed by atoms with van der Waals surface area (Å²) < 4.78 is 0. The first-order valence-electron chi connectivity index (χ1n) is 9.26. The molecule has 3 N–H and O–H groups in total. The third kappa shape index (κ3) is 3.63. The predicted molar refractivity (Wildman–Crippen MR) is 103 cm³/mol. The highest BCUT2D eigenvalue weighted by atomic mass is 16.1. The molecule has 1 amide bonds. The van der Waals surface area contributed by atoms with E-state index in [1.165, 1.54) is 11.1 Å². The van der Waals surface area contributed by atoms with E-state index in [2.05, 4.69) is 58.1 Å². The number of H-pyrrole nitrogens is 1. The quantitative estimate of drug-likeness (QED) is 0.664. The summed E-state index contributed by atoms with van der Waals surface area (Å²) in [7, 11) is 0. The maximum atomic E-state index is 11.6. The Bertz CT molecular complexity index is 903. The number of aromatic nitrogens is 2. The lowest BCUT2D eigenvalue weighted by Gasteiger charge is -2.10. The van der Waals surface area contributed by atoms with Crippen molar-refractivity contribution < 1.29 is 4.79 Å². The van der Waals surface area contributed by atoms with Gasteiger partial charge in [0.1, 0.15) is 5.82 Å². The lowest BCUT2D eigenvalue weighted by Crippen LogP contribution is -2.35. The van der Waals surface area contributed by atoms with Crippen LogP contribution in [0.5, 0.6) is 0 Å². The Labute approximate surface area is 153 Å². The molecule has 0 bridgehead atoms. The van der Waals surface area contributed by atoms with E-state index in [9.17, 15) is 4.79 Å². The summed E-state index contributed by atoms with van der Waals surface area (Å²) in [6.45, 7) is 2.66. The van der Waals surface area contributed by atoms with E-state index in [1.54, 1.807) is 0 Å². The molecule has 0 saturated carbocycles. The number of carbonyl (C=O) groups excluding carboxylic acids is 1. The van der Waals surface area contributed by atoms with E-state index in [-0.39, 0.29) is 18.0 Å². The Morgan fingerprint density at radius 3 is 2.85 bits per heavy atom. The number of rotatable bonds is 5. The van der Waals surface area contributed by atoms with Gasteiger partial charge in [-0.1, -0.05) is 43.3 Å². The molecule has 134 valence electrons. The highest BCUT2D eigenvalue weighted by Crippen LogP contribution is 2.24. The third-order valence-corrected chi connectivity index (χ3v) is 4.96. The minimum absolute atomic E-state index is 0.104. The van der Waals surface area contributed by atoms with E-state index in [0.717, 1.165) is 36.2 Å². The first-order chi connectivity index (χ1) is 12.7. The molecule has 4 rings (SSSR count). The highest BCUT2D eigenvalue weighted by Gasteiger charge is 2.28. The van der Waals surface area contributed by atoms with Crippen molar-refractivity contribution in [1.29, 1.82) is 0 Å². The second-order valence-electron chi connectivity index (χ2n) is 6.95. The van der Waals surface area contributed by atoms with Crippen molar-refractivity contribution in [2.24, 2.45) is 0 Å². The lowest BCUT2D eigenvalue weighted by molar-refractivity contribution is -0.121. The Morgan fingerprint density at radius 2 is 2.04 bits per heavy atom. The molecule has 5 heteroatoms. The highest BCUT2D eigenvalue weighted by molar-refractivity contribution is 5.76. The number of aromatic amines is 1. The number of hydrogen-bond acceptors (Lipinski definition) is 3. The monoisotopic (exact) mass is 348 g/mol. The topological polar surface area (TPSA) is 69.8 Å². The van der Waals surface area contributed by atoms with Crippen LogP contribution < -0.4 is 10.6 Å². The molecule has 2 heterocycles. The predicted octanol–water partition coefficient (Wildman–Crippen LogP) is 3.08. The van der Waals surface area contributed by atoms with E-state index < -0.39 is 0 Å². The van der Waals surface area contributed by atoms with Crippen LogP contribution in [0.1, 0.15) is 42.8 Å². The summed E-state index contributed by atoms with van der Waals surface area (Å²) >= 11 is 0. The maximum Gasteiger partial charge on any atom is 0.219 e. The summed E-state index contributed by atoms with van der Waals surface area (Å²) in [6, 6.07) is 17.2. The molecule has 0 aliphatic carbocycles. The van der Waals surface area contributed by atoms with Crippen LogP contribution in [0.4, 0.5) is 0 Å². The zero-order chi connectivity index (χ0) is 17.9. The van der Waals surface area contributed by atoms with Crippen molar-refractivity contribution in [1.82, 2.24) is 20.6 Å². The molecule has 3 aromatic rings. The van der Waals surface area contributed by atoms with E-state index in [0.29, 0.717) is 6.42 Å². The molecule has 0 spiro atoms. The number of fused-ring (bicyclic) bond motifs is 1. The molecular weight excluding hydrogens is 324 g/mol. The van der Waals surface area contributed by atoms with Gasteiger partial charge in [-0.05, 0) is 36.1 Å². The van der Waals surface area contributed by atoms with E-state index in [4.69, 9.17) is 4.98 Å². The van der Waals surface area contributed by atoms with E-state index in [1.807, 2.05) is 13.0 Å². The summed E-state index contributed by atoms with van der Waals surface area (Å²) in [5, 5.41) is 6.51. The number of carbonyl (C=O) groups is 1. The Morgan fingerprint density at radius 1 is 1.19 bits per heavy atom. The van der Waals surface area contributed by atoms with Crippen LogP contribution in [0, 0.1) is 0 Å². The van der Waals surface area contributed by atoms with E-state index >= 15 is 0 Å². The number of amides is 1. The van der Waals surface area contributed by atoms with Gasteiger partial charge in [-0.2, -0.15) is 0 Å². The lowest BCUT2D eigenvalue weighted by atomic mass is 10.0. The average Bonchev–Trinajstić information content (AvgIpc) is 3.28. The Balaban J connectivity index is 1.48. The minimum atomic E-state index is 0.104. The number of imidazole rings is 1. The van der Waals surface area contributed by atoms with Crippen LogP contribution in [0.25, 0.3) is 11.0 Å². The largest absolute Gasteiger partial charge is 0.352 e. The molecule has 0 unspecified atom stereocenters. The van der Waals surface area contributed by atoms with Crippen LogP contribution >= 0.6 is 0 Å². The first-order valence-corrected chi connectivity index (χ1v) is 9.26. The smallest absolute Gasteiger partial charge is 0.219 e. The third-order valence-electron chi connectivity index (χ3n) is 4.96. The molecule has 1 aliphatic heterocycles. The molecule has 2 aromatic carbocycles. The van der Waals surface area contributed by atoms with Crippen LogP contribution in [0.15, 0.2) is 48.5 Å². The first kappa shape index (κ1) is 16.8. The van der Waals surface area contributed by atoms with Gasteiger partial charge in [0, 0.05) is 19.0 Å². The van der Waals surface area contributed by atoms with Crippen molar-refractivity contribution >= 4 is 16.9 Å². The van der Waals surface area contributed by atoms with Gasteiger partial charge in [-0.15, -0.1) is 0 Å². The van der Waals surface area contributed by atoms with Gasteiger partial charge in [-0.25, -0.2) is 4.98 Å². The average molecular weight is 348 g/mol. The normalized spacial score (nSPS) is 19.7. The zero-order valence-electron chi connectivity index (χ0n) is 15.0. The van der Waals surface area contributed by atoms with Gasteiger partial charge < -0.3 is 15.6 Å². The molecule has 1 saturated heterocycles. The summed E-state index contributed by atoms with van der Waals surface area (Å²) in [5.74, 6) is 1.05. The second-order valence-corrected chi connectivity index (χ2v) is 6.95. The van der Waals surface area contributed by atoms with Crippen molar-refractivity contribution in [2.45, 2.75) is 38.3 Å². The van der Waals surface area contributed by atoms with Gasteiger partial charge in [0.05, 0.1) is 17.1 Å². The number of nitrogens with one attached hydrogen (secondary N) is 3. The molecule has 0 radical (unpaired) electrons. The standard InChI is InChI=1S/C21H24N4O/c1-2-20(26)23-16-12-19(22-13-16)21-24-17-9-8-15(11-18(17)25-21)10-14-6-4-3-5-7-14/h3-9,11,16,19,22H,2,10,12-13H2,1H3,(H,23,26)(H,24,25)/t16-,19+/m1/s1. The number of benzene rings is 2. The maximum absolute atomic E-state index is 11.6. The minimum Gasteiger partial charge on any atom is -0.352 e. The number of hydrogen-bond donors (Lipinski definition) is 3. The molecule has 2 atom stereocenters. The zero-order valence-corrected chi connectivity index (χ0v) is 15.0. The molecule has 1 aromatic heterocycles. The van der Waals surface area contributed by atoms with Crippen molar-refractivity contribution in [2.75, 3.05) is 6.54 Å². The van der Waals surface area contributed by atoms with Gasteiger partial charge in [-0.3, -0.25) is 4.79 Å². The SMILES string of the molecule is CCC(=O)N[C@H]1CN[C@H](c2nc3ccc(Cc4ccccc4)cc3[nH]2)C1. The fourth-order valence-electron chi connectivity index (χ4n) is 3.57. The van der Waals surface area contributed by atoms with Crippen LogP contribution in [-0.4, -0.2) is 28.5 Å². The molecule has 26 heavy (non-hydrogen) atoms.